The molecule has 0 atom stereocenters. The molecule has 0 saturated carbocycles. The summed E-state index contributed by atoms with van der Waals surface area (Å²) in [5.41, 5.74) is 6.57. The summed E-state index contributed by atoms with van der Waals surface area (Å²) < 4.78 is 81.3. The second-order valence-electron chi connectivity index (χ2n) is 20.1. The molecule has 0 radical (unpaired) electrons. The van der Waals surface area contributed by atoms with Crippen molar-refractivity contribution < 1.29 is 50.9 Å². The van der Waals surface area contributed by atoms with E-state index in [1.54, 1.807) is 95.4 Å². The number of hydrogen-bond acceptors (Lipinski definition) is 15. The average Bonchev–Trinajstić information content (AvgIpc) is 2.71. The summed E-state index contributed by atoms with van der Waals surface area (Å²) in [4.78, 5) is 53.4. The predicted octanol–water partition coefficient (Wildman–Crippen LogP) is 10.1. The summed E-state index contributed by atoms with van der Waals surface area (Å²) in [7, 11) is 8.69. The van der Waals surface area contributed by atoms with Crippen molar-refractivity contribution in [3.05, 3.63) is 174 Å². The Kier molecular flexibility index (Phi) is 17.1. The highest BCUT2D eigenvalue weighted by molar-refractivity contribution is 6.10. The van der Waals surface area contributed by atoms with Crippen molar-refractivity contribution in [3.8, 4) is 57.0 Å². The number of amides is 3. The maximum absolute atomic E-state index is 13.5. The Hall–Kier alpha value is -10.6. The molecule has 0 unspecified atom stereocenters. The molecule has 4 aromatic carbocycles. The van der Waals surface area contributed by atoms with Crippen LogP contribution in [0.15, 0.2) is 141 Å². The normalized spacial score (nSPS) is 12.5. The number of halogens is 4. The summed E-state index contributed by atoms with van der Waals surface area (Å²) in [6.07, 6.45) is 12.3. The second kappa shape index (κ2) is 25.1. The summed E-state index contributed by atoms with van der Waals surface area (Å²) in [6, 6.07) is 22.9. The van der Waals surface area contributed by atoms with Crippen LogP contribution in [0.25, 0.3) is 39.5 Å². The van der Waals surface area contributed by atoms with Crippen LogP contribution in [0.5, 0.6) is 34.5 Å². The molecule has 7 heterocycles. The molecule has 11 rings (SSSR count). The quantitative estimate of drug-likeness (QED) is 0.0811. The van der Waals surface area contributed by atoms with Gasteiger partial charge in [-0.25, -0.2) is 19.0 Å². The predicted molar refractivity (Wildman–Crippen MR) is 311 cm³/mol. The number of alkyl halides is 4. The molecule has 442 valence electrons. The number of carbonyl (C=O) groups is 3. The maximum Gasteiger partial charge on any atom is 0.387 e. The van der Waals surface area contributed by atoms with Gasteiger partial charge in [-0.15, -0.1) is 0 Å². The Labute approximate surface area is 489 Å². The summed E-state index contributed by atoms with van der Waals surface area (Å²) >= 11 is 0. The van der Waals surface area contributed by atoms with Crippen molar-refractivity contribution in [1.82, 2.24) is 63.5 Å². The lowest BCUT2D eigenvalue weighted by molar-refractivity contribution is -0.0501. The number of piperazine rings is 1. The van der Waals surface area contributed by atoms with Gasteiger partial charge in [-0.05, 0) is 105 Å². The first kappa shape index (κ1) is 58.6. The number of nitrogens with one attached hydrogen (secondary N) is 2. The number of ether oxygens (including phenoxy) is 4. The molecule has 3 amide bonds. The van der Waals surface area contributed by atoms with Gasteiger partial charge in [0.15, 0.2) is 11.3 Å². The molecule has 2 N–H and O–H groups in total. The fourth-order valence-electron chi connectivity index (χ4n) is 9.45. The molecule has 6 aromatic heterocycles. The van der Waals surface area contributed by atoms with Gasteiger partial charge >= 0.3 is 13.2 Å². The van der Waals surface area contributed by atoms with Crippen LogP contribution in [-0.4, -0.2) is 142 Å². The van der Waals surface area contributed by atoms with Gasteiger partial charge in [0, 0.05) is 108 Å². The molecule has 1 aliphatic heterocycles. The Balaban J connectivity index is 0.000000192. The summed E-state index contributed by atoms with van der Waals surface area (Å²) in [5.74, 6) is 0.0426. The van der Waals surface area contributed by atoms with Crippen LogP contribution in [0, 0.1) is 13.8 Å². The zero-order chi connectivity index (χ0) is 60.9. The molecule has 1 aliphatic rings. The number of aryl methyl sites for hydroxylation is 4. The lowest BCUT2D eigenvalue weighted by Gasteiger charge is -2.35. The number of aromatic nitrogens is 10. The van der Waals surface area contributed by atoms with Crippen LogP contribution >= 0.6 is 0 Å². The van der Waals surface area contributed by atoms with Crippen molar-refractivity contribution in [2.75, 3.05) is 58.0 Å². The minimum atomic E-state index is -3.11. The van der Waals surface area contributed by atoms with Crippen LogP contribution in [0.1, 0.15) is 47.8 Å². The van der Waals surface area contributed by atoms with E-state index in [2.05, 4.69) is 64.4 Å². The third-order valence-electron chi connectivity index (χ3n) is 13.8. The van der Waals surface area contributed by atoms with E-state index >= 15 is 0 Å². The van der Waals surface area contributed by atoms with Crippen LogP contribution in [0.2, 0.25) is 0 Å². The number of nitrogens with zero attached hydrogens (tertiary/aromatic N) is 13. The van der Waals surface area contributed by atoms with Gasteiger partial charge < -0.3 is 44.3 Å². The van der Waals surface area contributed by atoms with Crippen LogP contribution in [0.3, 0.4) is 0 Å². The number of fused-ring (bicyclic) bond motifs is 2. The van der Waals surface area contributed by atoms with Gasteiger partial charge in [-0.1, -0.05) is 18.7 Å². The van der Waals surface area contributed by atoms with E-state index in [0.717, 1.165) is 48.6 Å². The third kappa shape index (κ3) is 13.1. The van der Waals surface area contributed by atoms with Gasteiger partial charge in [0.05, 0.1) is 34.9 Å². The first-order valence-corrected chi connectivity index (χ1v) is 26.6. The Morgan fingerprint density at radius 2 is 1.02 bits per heavy atom. The van der Waals surface area contributed by atoms with Crippen LogP contribution < -0.4 is 29.6 Å². The number of likely N-dealkylation sites (N-methyl/N-ethyl adjacent to an activating group) is 1. The maximum atomic E-state index is 13.5. The standard InChI is InChI=1S/C32H32F2N8O3.C28H25F2N7O4/c1-20-6-7-22(16-24(20)21(2)41-14-12-39(3)13-15-41)44-23-8-9-28(45-32(33)34)25(17-23)29-27(19-40(4)38-29)37-31(43)26-18-36-42-11-5-10-35-30(26)42;1-16-6-7-17(12-19(16)27(39)35(2)3)40-18-8-9-23(41-28(29)30)20(13-18)24-22(15-36(4)34-24)33-26(38)21-14-32-37-11-5-10-31-25(21)37/h5-11,16-19,32H,2,12-15H2,1,3-4H3,(H,37,43);5-15,28H,1-4H3,(H,33,38). The van der Waals surface area contributed by atoms with Crippen molar-refractivity contribution in [2.24, 2.45) is 14.1 Å². The smallest absolute Gasteiger partial charge is 0.387 e. The minimum absolute atomic E-state index is 0.128. The van der Waals surface area contributed by atoms with E-state index in [1.807, 2.05) is 32.0 Å². The molecule has 86 heavy (non-hydrogen) atoms. The van der Waals surface area contributed by atoms with Crippen LogP contribution in [0.4, 0.5) is 28.9 Å². The Bertz CT molecular complexity index is 4170. The highest BCUT2D eigenvalue weighted by atomic mass is 19.3. The number of carbonyl (C=O) groups excluding carboxylic acids is 3. The fourth-order valence-corrected chi connectivity index (χ4v) is 9.45. The minimum Gasteiger partial charge on any atom is -0.457 e. The summed E-state index contributed by atoms with van der Waals surface area (Å²) in [6.45, 7) is 5.68. The topological polar surface area (TPSA) is 218 Å². The average molecular weight is 1180 g/mol. The highest BCUT2D eigenvalue weighted by Gasteiger charge is 2.26. The number of rotatable bonds is 17. The van der Waals surface area contributed by atoms with Crippen molar-refractivity contribution in [2.45, 2.75) is 27.1 Å². The molecule has 1 fully saturated rings. The third-order valence-corrected chi connectivity index (χ3v) is 13.8. The van der Waals surface area contributed by atoms with Crippen molar-refractivity contribution >= 4 is 46.1 Å². The van der Waals surface area contributed by atoms with E-state index in [1.165, 1.54) is 72.3 Å². The molecule has 26 heteroatoms. The van der Waals surface area contributed by atoms with E-state index in [-0.39, 0.29) is 68.2 Å². The van der Waals surface area contributed by atoms with E-state index in [9.17, 15) is 31.9 Å². The van der Waals surface area contributed by atoms with Gasteiger partial charge in [0.25, 0.3) is 17.7 Å². The molecule has 0 bridgehead atoms. The van der Waals surface area contributed by atoms with Crippen LogP contribution in [-0.2, 0) is 14.1 Å². The zero-order valence-electron chi connectivity index (χ0n) is 47.6. The second-order valence-corrected chi connectivity index (χ2v) is 20.1. The molecule has 1 saturated heterocycles. The zero-order valence-corrected chi connectivity index (χ0v) is 47.6. The lowest BCUT2D eigenvalue weighted by atomic mass is 10.0. The number of anilines is 2. The molecule has 0 spiro atoms. The van der Waals surface area contributed by atoms with E-state index in [0.29, 0.717) is 34.1 Å². The largest absolute Gasteiger partial charge is 0.457 e. The van der Waals surface area contributed by atoms with Crippen molar-refractivity contribution in [1.29, 1.82) is 0 Å². The highest BCUT2D eigenvalue weighted by Crippen LogP contribution is 2.41. The van der Waals surface area contributed by atoms with Crippen molar-refractivity contribution in [3.63, 3.8) is 0 Å². The SMILES string of the molecule is C=C(c1cc(Oc2ccc(OC(F)F)c(-c3nn(C)cc3NC(=O)c3cnn4cccnc34)c2)ccc1C)N1CCN(C)CC1.Cc1ccc(Oc2ccc(OC(F)F)c(-c3nn(C)cc3NC(=O)c3cnn4cccnc34)c2)cc1C(=O)N(C)C. The first-order chi connectivity index (χ1) is 41.3. The molecule has 0 aliphatic carbocycles. The first-order valence-electron chi connectivity index (χ1n) is 26.6. The molecular formula is C60H57F4N15O7. The fraction of sp³-hybridized carbons (Fsp3) is 0.217. The Morgan fingerprint density at radius 1 is 0.593 bits per heavy atom. The van der Waals surface area contributed by atoms with Gasteiger partial charge in [0.2, 0.25) is 0 Å². The lowest BCUT2D eigenvalue weighted by Crippen LogP contribution is -2.43. The summed E-state index contributed by atoms with van der Waals surface area (Å²) in [5, 5.41) is 22.7. The number of hydrogen-bond donors (Lipinski definition) is 2. The molecular weight excluding hydrogens is 1120 g/mol. The number of benzene rings is 4. The Morgan fingerprint density at radius 3 is 1.48 bits per heavy atom. The monoisotopic (exact) mass is 1180 g/mol. The van der Waals surface area contributed by atoms with E-state index in [4.69, 9.17) is 18.9 Å². The molecule has 22 nitrogen and oxygen atoms in total. The van der Waals surface area contributed by atoms with Gasteiger partial charge in [0.1, 0.15) is 57.0 Å². The van der Waals surface area contributed by atoms with E-state index < -0.39 is 25.0 Å². The van der Waals surface area contributed by atoms with Gasteiger partial charge in [-0.3, -0.25) is 23.7 Å². The molecule has 10 aromatic rings. The van der Waals surface area contributed by atoms with Gasteiger partial charge in [-0.2, -0.15) is 38.0 Å².